The van der Waals surface area contributed by atoms with Crippen molar-refractivity contribution in [3.63, 3.8) is 0 Å². The monoisotopic (exact) mass is 357 g/mol. The predicted molar refractivity (Wildman–Crippen MR) is 83.6 cm³/mol. The number of carbonyl (C=O) groups excluding carboxylic acids is 1. The van der Waals surface area contributed by atoms with E-state index in [0.29, 0.717) is 4.47 Å². The van der Waals surface area contributed by atoms with Crippen LogP contribution in [0.15, 0.2) is 40.9 Å². The summed E-state index contributed by atoms with van der Waals surface area (Å²) in [5, 5.41) is -1.82. The van der Waals surface area contributed by atoms with Crippen LogP contribution in [0.5, 0.6) is 0 Å². The van der Waals surface area contributed by atoms with Crippen molar-refractivity contribution in [3.8, 4) is 0 Å². The maximum absolute atomic E-state index is 14.0. The van der Waals surface area contributed by atoms with E-state index in [-0.39, 0.29) is 23.2 Å². The number of amides is 1. The lowest BCUT2D eigenvalue weighted by molar-refractivity contribution is 0.0730. The highest BCUT2D eigenvalue weighted by Crippen LogP contribution is 2.37. The molecule has 1 amide bonds. The van der Waals surface area contributed by atoms with Gasteiger partial charge in [0.2, 0.25) is 0 Å². The fraction of sp³-hybridized carbons (Fsp3) is 0.133. The van der Waals surface area contributed by atoms with E-state index in [2.05, 4.69) is 15.9 Å². The number of rotatable bonds is 2. The van der Waals surface area contributed by atoms with Gasteiger partial charge in [0.05, 0.1) is 15.7 Å². The summed E-state index contributed by atoms with van der Waals surface area (Å²) in [5.41, 5.74) is 0.269. The van der Waals surface area contributed by atoms with Crippen molar-refractivity contribution in [3.05, 3.63) is 69.2 Å². The summed E-state index contributed by atoms with van der Waals surface area (Å²) in [4.78, 5) is 13.5. The second kappa shape index (κ2) is 5.23. The Kier molecular flexibility index (Phi) is 3.63. The van der Waals surface area contributed by atoms with Crippen LogP contribution < -0.4 is 0 Å². The van der Waals surface area contributed by atoms with Gasteiger partial charge in [-0.1, -0.05) is 28.1 Å². The first-order chi connectivity index (χ1) is 10.3. The van der Waals surface area contributed by atoms with E-state index < -0.39 is 22.9 Å². The molecule has 106 valence electrons. The minimum Gasteiger partial charge on any atom is -0.342 e. The quantitative estimate of drug-likeness (QED) is 0.757. The van der Waals surface area contributed by atoms with Crippen LogP contribution in [0.2, 0.25) is 0 Å². The molecule has 1 heterocycles. The van der Waals surface area contributed by atoms with Gasteiger partial charge in [-0.2, -0.15) is 0 Å². The zero-order chi connectivity index (χ0) is 16.1. The van der Waals surface area contributed by atoms with Crippen molar-refractivity contribution in [2.75, 3.05) is 0 Å². The molecule has 0 atom stereocenters. The van der Waals surface area contributed by atoms with Crippen LogP contribution in [0.25, 0.3) is 0 Å². The van der Waals surface area contributed by atoms with Crippen molar-refractivity contribution in [1.82, 2.24) is 4.90 Å². The molecule has 22 heavy (non-hydrogen) atoms. The summed E-state index contributed by atoms with van der Waals surface area (Å²) in [6.07, 6.45) is 0. The topological polar surface area (TPSA) is 20.3 Å². The lowest BCUT2D eigenvalue weighted by Gasteiger charge is -2.34. The summed E-state index contributed by atoms with van der Waals surface area (Å²) in [6, 6.07) is 8.48. The van der Waals surface area contributed by atoms with Gasteiger partial charge in [0.15, 0.2) is 0 Å². The molecule has 0 N–H and O–H groups in total. The highest BCUT2D eigenvalue weighted by molar-refractivity contribution is 9.10. The molecule has 1 aliphatic rings. The zero-order valence-electron chi connectivity index (χ0n) is 11.3. The number of hydrogen-bond acceptors (Lipinski definition) is 1. The van der Waals surface area contributed by atoms with E-state index >= 15 is 0 Å². The predicted octanol–water partition coefficient (Wildman–Crippen LogP) is 2.83. The molecule has 0 aromatic heterocycles. The van der Waals surface area contributed by atoms with Gasteiger partial charge in [-0.25, -0.2) is 8.78 Å². The molecule has 3 rings (SSSR count). The third-order valence-corrected chi connectivity index (χ3v) is 4.17. The number of halogens is 3. The summed E-state index contributed by atoms with van der Waals surface area (Å²) in [6.45, 7) is -0.154. The maximum atomic E-state index is 14.0. The number of fused-ring (bicyclic) bond motifs is 1. The Balaban J connectivity index is 2.03. The lowest BCUT2D eigenvalue weighted by atomic mass is 9.58. The lowest BCUT2D eigenvalue weighted by Crippen LogP contribution is -2.44. The molecule has 0 saturated carbocycles. The molecule has 0 spiro atoms. The van der Waals surface area contributed by atoms with E-state index in [0.717, 1.165) is 4.90 Å². The van der Waals surface area contributed by atoms with Gasteiger partial charge >= 0.3 is 0 Å². The largest absolute Gasteiger partial charge is 0.342 e. The molecule has 2 nitrogen and oxygen atoms in total. The molecule has 0 fully saturated rings. The van der Waals surface area contributed by atoms with E-state index in [1.807, 2.05) is 0 Å². The molecule has 2 aromatic carbocycles. The average Bonchev–Trinajstić information content (AvgIpc) is 2.63. The van der Waals surface area contributed by atoms with E-state index in [9.17, 15) is 13.6 Å². The van der Waals surface area contributed by atoms with Crippen molar-refractivity contribution in [2.45, 2.75) is 11.9 Å². The summed E-state index contributed by atoms with van der Waals surface area (Å²) in [7, 11) is 11.9. The van der Waals surface area contributed by atoms with Gasteiger partial charge in [-0.3, -0.25) is 4.79 Å². The number of carbonyl (C=O) groups is 1. The number of benzene rings is 2. The van der Waals surface area contributed by atoms with Crippen LogP contribution in [0.3, 0.4) is 0 Å². The third-order valence-electron chi connectivity index (χ3n) is 3.68. The molecule has 1 aliphatic heterocycles. The van der Waals surface area contributed by atoms with Crippen LogP contribution in [-0.4, -0.2) is 26.5 Å². The van der Waals surface area contributed by atoms with Gasteiger partial charge in [0.25, 0.3) is 5.91 Å². The van der Waals surface area contributed by atoms with E-state index in [1.165, 1.54) is 30.3 Å². The Bertz CT molecular complexity index is 782. The molecule has 7 heteroatoms. The molecule has 0 bridgehead atoms. The van der Waals surface area contributed by atoms with E-state index in [4.69, 9.17) is 15.7 Å². The summed E-state index contributed by atoms with van der Waals surface area (Å²) >= 11 is 3.16. The van der Waals surface area contributed by atoms with Crippen molar-refractivity contribution in [2.24, 2.45) is 0 Å². The van der Waals surface area contributed by atoms with Gasteiger partial charge in [-0.05, 0) is 29.6 Å². The highest BCUT2D eigenvalue weighted by Gasteiger charge is 2.43. The maximum Gasteiger partial charge on any atom is 0.253 e. The molecule has 0 aliphatic carbocycles. The van der Waals surface area contributed by atoms with E-state index in [1.54, 1.807) is 6.07 Å². The van der Waals surface area contributed by atoms with Crippen molar-refractivity contribution >= 4 is 37.5 Å². The smallest absolute Gasteiger partial charge is 0.253 e. The van der Waals surface area contributed by atoms with Crippen LogP contribution in [0.4, 0.5) is 8.78 Å². The Morgan fingerprint density at radius 2 is 1.86 bits per heavy atom. The third kappa shape index (κ3) is 2.28. The Morgan fingerprint density at radius 1 is 1.14 bits per heavy atom. The number of hydrogen-bond donors (Lipinski definition) is 0. The SMILES string of the molecule is [B]C1([B])c2c(F)cccc2C(=O)N1Cc1ccc(Br)cc1F. The second-order valence-electron chi connectivity index (χ2n) is 5.11. The first kappa shape index (κ1) is 15.3. The number of nitrogens with zero attached hydrogens (tertiary/aromatic N) is 1. The normalized spacial score (nSPS) is 16.0. The van der Waals surface area contributed by atoms with Crippen LogP contribution in [-0.2, 0) is 11.9 Å². The van der Waals surface area contributed by atoms with Gasteiger partial charge < -0.3 is 4.90 Å². The second-order valence-corrected chi connectivity index (χ2v) is 6.03. The average molecular weight is 358 g/mol. The Morgan fingerprint density at radius 3 is 2.50 bits per heavy atom. The standard InChI is InChI=1S/C15H8B2BrF2NO/c16-15(17)13-10(2-1-3-11(13)19)14(22)21(15)7-8-4-5-9(18)6-12(8)20/h1-6H,7H2. The van der Waals surface area contributed by atoms with Gasteiger partial charge in [0.1, 0.15) is 11.6 Å². The molecular formula is C15H8B2BrF2NO. The van der Waals surface area contributed by atoms with Crippen molar-refractivity contribution in [1.29, 1.82) is 0 Å². The van der Waals surface area contributed by atoms with Crippen LogP contribution in [0, 0.1) is 11.6 Å². The molecule has 2 aromatic rings. The van der Waals surface area contributed by atoms with Gasteiger partial charge in [0, 0.05) is 27.7 Å². The first-order valence-electron chi connectivity index (χ1n) is 6.45. The Labute approximate surface area is 137 Å². The fourth-order valence-corrected chi connectivity index (χ4v) is 2.91. The first-order valence-corrected chi connectivity index (χ1v) is 7.24. The summed E-state index contributed by atoms with van der Waals surface area (Å²) < 4.78 is 28.5. The molecular weight excluding hydrogens is 350 g/mol. The fourth-order valence-electron chi connectivity index (χ4n) is 2.58. The molecule has 4 radical (unpaired) electrons. The Hall–Kier alpha value is -1.62. The molecule has 0 unspecified atom stereocenters. The highest BCUT2D eigenvalue weighted by atomic mass is 79.9. The molecule has 0 saturated heterocycles. The summed E-state index contributed by atoms with van der Waals surface area (Å²) in [5.74, 6) is -1.69. The minimum atomic E-state index is -1.82. The van der Waals surface area contributed by atoms with Gasteiger partial charge in [-0.15, -0.1) is 0 Å². The minimum absolute atomic E-state index is 0.0717. The van der Waals surface area contributed by atoms with Crippen LogP contribution in [0.1, 0.15) is 21.5 Å². The van der Waals surface area contributed by atoms with Crippen molar-refractivity contribution < 1.29 is 13.6 Å². The van der Waals surface area contributed by atoms with Crippen LogP contribution >= 0.6 is 15.9 Å². The zero-order valence-corrected chi connectivity index (χ0v) is 12.9.